The number of hydrogen-bond donors (Lipinski definition) is 1. The monoisotopic (exact) mass is 259 g/mol. The predicted octanol–water partition coefficient (Wildman–Crippen LogP) is 2.91. The Balaban J connectivity index is 1.50. The first kappa shape index (κ1) is 11.4. The zero-order valence-corrected chi connectivity index (χ0v) is 11.0. The maximum absolute atomic E-state index is 13.7. The van der Waals surface area contributed by atoms with Crippen LogP contribution in [-0.4, -0.2) is 11.9 Å². The molecule has 100 valence electrons. The Hall–Kier alpha value is -1.38. The average molecular weight is 259 g/mol. The summed E-state index contributed by atoms with van der Waals surface area (Å²) >= 11 is 0. The maximum Gasteiger partial charge on any atom is 0.254 e. The Morgan fingerprint density at radius 3 is 2.63 bits per heavy atom. The third kappa shape index (κ3) is 1.63. The molecule has 0 aliphatic heterocycles. The number of hydrogen-bond acceptors (Lipinski definition) is 1. The van der Waals surface area contributed by atoms with E-state index in [1.165, 1.54) is 25.3 Å². The molecule has 1 N–H and O–H groups in total. The number of halogens is 1. The third-order valence-electron chi connectivity index (χ3n) is 5.40. The number of fused-ring (bicyclic) bond motifs is 5. The Bertz CT molecular complexity index is 540. The van der Waals surface area contributed by atoms with Crippen molar-refractivity contribution in [2.75, 3.05) is 0 Å². The number of carbonyl (C=O) groups is 1. The average Bonchev–Trinajstić information content (AvgIpc) is 2.80. The lowest BCUT2D eigenvalue weighted by Crippen LogP contribution is -2.30. The van der Waals surface area contributed by atoms with Gasteiger partial charge in [-0.2, -0.15) is 0 Å². The van der Waals surface area contributed by atoms with Crippen molar-refractivity contribution >= 4 is 5.91 Å². The van der Waals surface area contributed by atoms with Crippen LogP contribution in [-0.2, 0) is 0 Å². The van der Waals surface area contributed by atoms with Crippen LogP contribution in [0, 0.1) is 36.4 Å². The zero-order valence-electron chi connectivity index (χ0n) is 11.0. The standard InChI is InChI=1S/C16H18FNO/c1-8-2-5-12(17)11(6-8)16(19)18-15-13-9-3-4-10(7-9)14(13)15/h2,5-6,9-10,13-15H,3-4,7H2,1H3,(H,18,19). The molecule has 3 fully saturated rings. The quantitative estimate of drug-likeness (QED) is 0.869. The molecule has 4 unspecified atom stereocenters. The Labute approximate surface area is 112 Å². The van der Waals surface area contributed by atoms with Gasteiger partial charge in [0.1, 0.15) is 5.82 Å². The first-order valence-corrected chi connectivity index (χ1v) is 7.22. The molecule has 2 nitrogen and oxygen atoms in total. The molecule has 3 saturated carbocycles. The maximum atomic E-state index is 13.7. The van der Waals surface area contributed by atoms with E-state index >= 15 is 0 Å². The summed E-state index contributed by atoms with van der Waals surface area (Å²) in [6.07, 6.45) is 4.02. The van der Waals surface area contributed by atoms with Gasteiger partial charge in [-0.15, -0.1) is 0 Å². The highest BCUT2D eigenvalue weighted by molar-refractivity contribution is 5.95. The minimum atomic E-state index is -0.420. The van der Waals surface area contributed by atoms with Crippen LogP contribution < -0.4 is 5.32 Å². The van der Waals surface area contributed by atoms with E-state index in [0.29, 0.717) is 17.9 Å². The van der Waals surface area contributed by atoms with E-state index in [1.54, 1.807) is 12.1 Å². The summed E-state index contributed by atoms with van der Waals surface area (Å²) in [5.74, 6) is 2.37. The molecule has 0 radical (unpaired) electrons. The molecule has 2 bridgehead atoms. The smallest absolute Gasteiger partial charge is 0.254 e. The van der Waals surface area contributed by atoms with Gasteiger partial charge >= 0.3 is 0 Å². The van der Waals surface area contributed by atoms with Crippen LogP contribution in [0.5, 0.6) is 0 Å². The van der Waals surface area contributed by atoms with Gasteiger partial charge in [0.15, 0.2) is 0 Å². The van der Waals surface area contributed by atoms with Crippen LogP contribution in [0.3, 0.4) is 0 Å². The fourth-order valence-corrected chi connectivity index (χ4v) is 4.56. The van der Waals surface area contributed by atoms with E-state index in [9.17, 15) is 9.18 Å². The normalized spacial score (nSPS) is 38.1. The first-order chi connectivity index (χ1) is 9.15. The van der Waals surface area contributed by atoms with Crippen LogP contribution in [0.2, 0.25) is 0 Å². The van der Waals surface area contributed by atoms with Gasteiger partial charge in [0.05, 0.1) is 5.56 Å². The van der Waals surface area contributed by atoms with E-state index in [2.05, 4.69) is 5.32 Å². The molecule has 1 amide bonds. The molecule has 4 rings (SSSR count). The van der Waals surface area contributed by atoms with Crippen molar-refractivity contribution in [2.45, 2.75) is 32.2 Å². The fourth-order valence-electron chi connectivity index (χ4n) is 4.56. The van der Waals surface area contributed by atoms with Crippen molar-refractivity contribution in [2.24, 2.45) is 23.7 Å². The summed E-state index contributed by atoms with van der Waals surface area (Å²) in [5.41, 5.74) is 1.11. The lowest BCUT2D eigenvalue weighted by molar-refractivity contribution is 0.0940. The molecule has 0 spiro atoms. The van der Waals surface area contributed by atoms with Crippen LogP contribution in [0.25, 0.3) is 0 Å². The minimum absolute atomic E-state index is 0.192. The van der Waals surface area contributed by atoms with Gasteiger partial charge in [-0.05, 0) is 62.0 Å². The van der Waals surface area contributed by atoms with Crippen LogP contribution >= 0.6 is 0 Å². The molecule has 19 heavy (non-hydrogen) atoms. The van der Waals surface area contributed by atoms with E-state index < -0.39 is 5.82 Å². The topological polar surface area (TPSA) is 29.1 Å². The number of carbonyl (C=O) groups excluding carboxylic acids is 1. The second-order valence-corrected chi connectivity index (χ2v) is 6.47. The van der Waals surface area contributed by atoms with Gasteiger partial charge in [0, 0.05) is 6.04 Å². The van der Waals surface area contributed by atoms with E-state index in [-0.39, 0.29) is 11.5 Å². The number of rotatable bonds is 2. The molecular formula is C16H18FNO. The van der Waals surface area contributed by atoms with Crippen molar-refractivity contribution in [1.29, 1.82) is 0 Å². The van der Waals surface area contributed by atoms with Crippen molar-refractivity contribution < 1.29 is 9.18 Å². The molecule has 0 heterocycles. The van der Waals surface area contributed by atoms with Gasteiger partial charge in [0.2, 0.25) is 0 Å². The third-order valence-corrected chi connectivity index (χ3v) is 5.40. The van der Waals surface area contributed by atoms with Crippen LogP contribution in [0.15, 0.2) is 18.2 Å². The van der Waals surface area contributed by atoms with E-state index in [4.69, 9.17) is 0 Å². The highest BCUT2D eigenvalue weighted by Crippen LogP contribution is 2.65. The molecule has 4 atom stereocenters. The zero-order chi connectivity index (χ0) is 13.1. The number of benzene rings is 1. The highest BCUT2D eigenvalue weighted by atomic mass is 19.1. The van der Waals surface area contributed by atoms with Crippen molar-refractivity contribution in [3.05, 3.63) is 35.1 Å². The summed E-state index contributed by atoms with van der Waals surface area (Å²) < 4.78 is 13.7. The second-order valence-electron chi connectivity index (χ2n) is 6.47. The summed E-state index contributed by atoms with van der Waals surface area (Å²) in [6.45, 7) is 1.88. The molecule has 0 saturated heterocycles. The molecule has 3 aliphatic rings. The summed E-state index contributed by atoms with van der Waals surface area (Å²) in [7, 11) is 0. The van der Waals surface area contributed by atoms with E-state index in [1.807, 2.05) is 6.92 Å². The van der Waals surface area contributed by atoms with Gasteiger partial charge in [-0.3, -0.25) is 4.79 Å². The van der Waals surface area contributed by atoms with Crippen LogP contribution in [0.1, 0.15) is 35.2 Å². The second kappa shape index (κ2) is 3.81. The lowest BCUT2D eigenvalue weighted by Gasteiger charge is -2.11. The largest absolute Gasteiger partial charge is 0.349 e. The molecule has 1 aromatic rings. The summed E-state index contributed by atoms with van der Waals surface area (Å²) in [4.78, 5) is 12.2. The van der Waals surface area contributed by atoms with Gasteiger partial charge < -0.3 is 5.32 Å². The number of nitrogens with one attached hydrogen (secondary N) is 1. The van der Waals surface area contributed by atoms with Crippen molar-refractivity contribution in [1.82, 2.24) is 5.32 Å². The summed E-state index contributed by atoms with van der Waals surface area (Å²) in [6, 6.07) is 5.02. The highest BCUT2D eigenvalue weighted by Gasteiger charge is 2.65. The van der Waals surface area contributed by atoms with E-state index in [0.717, 1.165) is 17.4 Å². The first-order valence-electron chi connectivity index (χ1n) is 7.22. The molecule has 3 heteroatoms. The molecular weight excluding hydrogens is 241 g/mol. The van der Waals surface area contributed by atoms with Gasteiger partial charge in [-0.1, -0.05) is 11.6 Å². The molecule has 3 aliphatic carbocycles. The predicted molar refractivity (Wildman–Crippen MR) is 70.2 cm³/mol. The molecule has 0 aromatic heterocycles. The summed E-state index contributed by atoms with van der Waals surface area (Å²) in [5, 5.41) is 3.06. The van der Waals surface area contributed by atoms with Gasteiger partial charge in [-0.25, -0.2) is 4.39 Å². The van der Waals surface area contributed by atoms with Gasteiger partial charge in [0.25, 0.3) is 5.91 Å². The minimum Gasteiger partial charge on any atom is -0.349 e. The Morgan fingerprint density at radius 2 is 1.95 bits per heavy atom. The van der Waals surface area contributed by atoms with Crippen molar-refractivity contribution in [3.63, 3.8) is 0 Å². The lowest BCUT2D eigenvalue weighted by atomic mass is 10.0. The Morgan fingerprint density at radius 1 is 1.26 bits per heavy atom. The van der Waals surface area contributed by atoms with Crippen LogP contribution in [0.4, 0.5) is 4.39 Å². The molecule has 1 aromatic carbocycles. The SMILES string of the molecule is Cc1ccc(F)c(C(=O)NC2C3C4CCC(C4)C23)c1. The number of amides is 1. The fraction of sp³-hybridized carbons (Fsp3) is 0.562. The Kier molecular flexibility index (Phi) is 2.30. The van der Waals surface area contributed by atoms with Crippen molar-refractivity contribution in [3.8, 4) is 0 Å². The number of aryl methyl sites for hydroxylation is 1.